The van der Waals surface area contributed by atoms with E-state index in [0.717, 1.165) is 17.5 Å². The van der Waals surface area contributed by atoms with Crippen LogP contribution in [0.2, 0.25) is 10.0 Å². The van der Waals surface area contributed by atoms with Gasteiger partial charge in [0.25, 0.3) is 0 Å². The Morgan fingerprint density at radius 1 is 1.15 bits per heavy atom. The summed E-state index contributed by atoms with van der Waals surface area (Å²) in [6.07, 6.45) is 0.799. The van der Waals surface area contributed by atoms with E-state index in [1.165, 1.54) is 0 Å². The summed E-state index contributed by atoms with van der Waals surface area (Å²) in [5.41, 5.74) is 1.47. The van der Waals surface area contributed by atoms with E-state index >= 15 is 0 Å². The number of halogens is 2. The molecule has 0 aliphatic carbocycles. The number of Topliss-reactive ketones (excluding diaryl/α,β-unsaturated/α-hetero) is 1. The highest BCUT2D eigenvalue weighted by Crippen LogP contribution is 2.43. The lowest BCUT2D eigenvalue weighted by atomic mass is 9.64. The molecular formula is C26H31Cl2NO4. The van der Waals surface area contributed by atoms with Crippen molar-refractivity contribution in [2.75, 3.05) is 6.54 Å². The molecule has 1 saturated heterocycles. The van der Waals surface area contributed by atoms with E-state index in [9.17, 15) is 14.7 Å². The number of aliphatic hydroxyl groups is 1. The van der Waals surface area contributed by atoms with E-state index in [-0.39, 0.29) is 30.1 Å². The monoisotopic (exact) mass is 491 g/mol. The van der Waals surface area contributed by atoms with Crippen LogP contribution in [0.5, 0.6) is 0 Å². The summed E-state index contributed by atoms with van der Waals surface area (Å²) in [4.78, 5) is 24.2. The van der Waals surface area contributed by atoms with Crippen LogP contribution in [0.15, 0.2) is 48.5 Å². The van der Waals surface area contributed by atoms with Crippen molar-refractivity contribution in [1.29, 1.82) is 0 Å². The zero-order chi connectivity index (χ0) is 24.2. The summed E-state index contributed by atoms with van der Waals surface area (Å²) in [6, 6.07) is 15.1. The molecule has 0 bridgehead atoms. The van der Waals surface area contributed by atoms with Gasteiger partial charge < -0.3 is 15.5 Å². The fraction of sp³-hybridized carbons (Fsp3) is 0.462. The fourth-order valence-electron chi connectivity index (χ4n) is 4.95. The van der Waals surface area contributed by atoms with E-state index in [4.69, 9.17) is 28.3 Å². The number of carbonyl (C=O) groups is 2. The van der Waals surface area contributed by atoms with Crippen molar-refractivity contribution >= 4 is 35.0 Å². The van der Waals surface area contributed by atoms with Gasteiger partial charge >= 0.3 is 5.97 Å². The zero-order valence-corrected chi connectivity index (χ0v) is 20.4. The number of aliphatic hydroxyl groups excluding tert-OH is 1. The molecule has 2 aromatic rings. The Bertz CT molecular complexity index is 981. The number of nitrogens with one attached hydrogen (secondary N) is 1. The normalized spacial score (nSPS) is 23.5. The Kier molecular flexibility index (Phi) is 8.57. The molecule has 1 fully saturated rings. The number of rotatable bonds is 9. The molecule has 5 nitrogen and oxygen atoms in total. The van der Waals surface area contributed by atoms with Crippen molar-refractivity contribution in [2.24, 2.45) is 11.3 Å². The first-order valence-electron chi connectivity index (χ1n) is 11.3. The third kappa shape index (κ3) is 6.36. The summed E-state index contributed by atoms with van der Waals surface area (Å²) >= 11 is 12.3. The van der Waals surface area contributed by atoms with Crippen LogP contribution in [-0.4, -0.2) is 40.7 Å². The van der Waals surface area contributed by atoms with Crippen LogP contribution in [-0.2, 0) is 16.0 Å². The first kappa shape index (κ1) is 25.7. The third-order valence-electron chi connectivity index (χ3n) is 7.07. The van der Waals surface area contributed by atoms with E-state index in [1.54, 1.807) is 6.92 Å². The molecule has 0 aromatic heterocycles. The maximum Gasteiger partial charge on any atom is 0.332 e. The highest BCUT2D eigenvalue weighted by molar-refractivity contribution is 6.30. The lowest BCUT2D eigenvalue weighted by Gasteiger charge is -2.46. The molecule has 3 N–H and O–H groups in total. The van der Waals surface area contributed by atoms with E-state index < -0.39 is 17.5 Å². The minimum absolute atomic E-state index is 0.0381. The molecular weight excluding hydrogens is 461 g/mol. The van der Waals surface area contributed by atoms with Gasteiger partial charge in [0.2, 0.25) is 0 Å². The minimum Gasteiger partial charge on any atom is -0.479 e. The standard InChI is InChI=1S/C26H31Cl2NO4/c1-16(30)26(2,11-10-17-6-8-20(27)9-7-17)24-22(19-4-3-5-21(28)14-19)12-18(15-29-24)13-23(31)25(32)33/h3-9,14,18,22-24,29,31H,10-13,15H2,1-2H3,(H,32,33)/t18-,22-,23?,24+,26?/m1/s1. The van der Waals surface area contributed by atoms with Gasteiger partial charge in [-0.25, -0.2) is 4.79 Å². The van der Waals surface area contributed by atoms with Gasteiger partial charge in [-0.3, -0.25) is 4.79 Å². The zero-order valence-electron chi connectivity index (χ0n) is 18.9. The Hall–Kier alpha value is -1.92. The van der Waals surface area contributed by atoms with Gasteiger partial charge in [0.05, 0.1) is 0 Å². The first-order valence-corrected chi connectivity index (χ1v) is 12.0. The minimum atomic E-state index is -1.41. The van der Waals surface area contributed by atoms with Gasteiger partial charge in [-0.1, -0.05) is 54.4 Å². The number of hydrogen-bond acceptors (Lipinski definition) is 4. The summed E-state index contributed by atoms with van der Waals surface area (Å²) < 4.78 is 0. The molecule has 2 unspecified atom stereocenters. The average Bonchev–Trinajstić information content (AvgIpc) is 2.78. The van der Waals surface area contributed by atoms with E-state index in [2.05, 4.69) is 5.32 Å². The second-order valence-electron chi connectivity index (χ2n) is 9.34. The number of carboxylic acids is 1. The molecule has 1 aliphatic rings. The lowest BCUT2D eigenvalue weighted by molar-refractivity contribution is -0.147. The maximum atomic E-state index is 13.0. The number of ketones is 1. The molecule has 0 saturated carbocycles. The summed E-state index contributed by atoms with van der Waals surface area (Å²) in [5.74, 6) is -1.20. The largest absolute Gasteiger partial charge is 0.479 e. The average molecular weight is 492 g/mol. The molecule has 33 heavy (non-hydrogen) atoms. The van der Waals surface area contributed by atoms with Crippen LogP contribution in [0.1, 0.15) is 50.2 Å². The van der Waals surface area contributed by atoms with Gasteiger partial charge in [-0.15, -0.1) is 0 Å². The van der Waals surface area contributed by atoms with Crippen molar-refractivity contribution in [2.45, 2.75) is 57.6 Å². The third-order valence-corrected chi connectivity index (χ3v) is 7.56. The topological polar surface area (TPSA) is 86.6 Å². The van der Waals surface area contributed by atoms with Crippen LogP contribution in [0.25, 0.3) is 0 Å². The predicted molar refractivity (Wildman–Crippen MR) is 131 cm³/mol. The molecule has 0 spiro atoms. The number of aliphatic carboxylic acids is 1. The Labute approximate surface area is 205 Å². The molecule has 0 amide bonds. The van der Waals surface area contributed by atoms with Gasteiger partial charge in [-0.2, -0.15) is 0 Å². The van der Waals surface area contributed by atoms with Gasteiger partial charge in [0.1, 0.15) is 5.78 Å². The van der Waals surface area contributed by atoms with Crippen LogP contribution < -0.4 is 5.32 Å². The van der Waals surface area contributed by atoms with Crippen LogP contribution in [0.3, 0.4) is 0 Å². The number of carbonyl (C=O) groups excluding carboxylic acids is 1. The molecule has 178 valence electrons. The van der Waals surface area contributed by atoms with Crippen LogP contribution in [0, 0.1) is 11.3 Å². The maximum absolute atomic E-state index is 13.0. The molecule has 2 aromatic carbocycles. The number of aryl methyl sites for hydroxylation is 1. The van der Waals surface area contributed by atoms with Crippen molar-refractivity contribution in [1.82, 2.24) is 5.32 Å². The van der Waals surface area contributed by atoms with Gasteiger partial charge in [0.15, 0.2) is 6.10 Å². The Balaban J connectivity index is 1.89. The number of hydrogen-bond donors (Lipinski definition) is 3. The summed E-state index contributed by atoms with van der Waals surface area (Å²) in [7, 11) is 0. The highest BCUT2D eigenvalue weighted by Gasteiger charge is 2.46. The lowest BCUT2D eigenvalue weighted by Crippen LogP contribution is -2.56. The van der Waals surface area contributed by atoms with Crippen molar-refractivity contribution in [3.05, 3.63) is 69.7 Å². The Morgan fingerprint density at radius 2 is 1.85 bits per heavy atom. The number of carboxylic acid groups (broad SMARTS) is 1. The molecule has 7 heteroatoms. The van der Waals surface area contributed by atoms with E-state index in [1.807, 2.05) is 55.5 Å². The molecule has 5 atom stereocenters. The van der Waals surface area contributed by atoms with Gasteiger partial charge in [0, 0.05) is 27.4 Å². The SMILES string of the molecule is CC(=O)C(C)(CCc1ccc(Cl)cc1)[C@H]1NC[C@@H](CC(O)C(=O)O)C[C@@H]1c1cccc(Cl)c1. The Morgan fingerprint density at radius 3 is 2.45 bits per heavy atom. The van der Waals surface area contributed by atoms with E-state index in [0.29, 0.717) is 29.4 Å². The molecule has 1 heterocycles. The second kappa shape index (κ2) is 11.0. The number of benzene rings is 2. The highest BCUT2D eigenvalue weighted by atomic mass is 35.5. The quantitative estimate of drug-likeness (QED) is 0.453. The first-order chi connectivity index (χ1) is 15.6. The smallest absolute Gasteiger partial charge is 0.332 e. The van der Waals surface area contributed by atoms with Gasteiger partial charge in [-0.05, 0) is 80.5 Å². The summed E-state index contributed by atoms with van der Waals surface area (Å²) in [5, 5.41) is 23.9. The summed E-state index contributed by atoms with van der Waals surface area (Å²) in [6.45, 7) is 4.18. The van der Waals surface area contributed by atoms with Crippen molar-refractivity contribution < 1.29 is 19.8 Å². The molecule has 0 radical (unpaired) electrons. The van der Waals surface area contributed by atoms with Crippen molar-refractivity contribution in [3.63, 3.8) is 0 Å². The predicted octanol–water partition coefficient (Wildman–Crippen LogP) is 5.12. The van der Waals surface area contributed by atoms with Crippen molar-refractivity contribution in [3.8, 4) is 0 Å². The fourth-order valence-corrected chi connectivity index (χ4v) is 5.28. The molecule has 3 rings (SSSR count). The number of piperidine rings is 1. The van der Waals surface area contributed by atoms with Crippen LogP contribution in [0.4, 0.5) is 0 Å². The van der Waals surface area contributed by atoms with Crippen LogP contribution >= 0.6 is 23.2 Å². The second-order valence-corrected chi connectivity index (χ2v) is 10.2. The molecule has 1 aliphatic heterocycles.